The third-order valence-electron chi connectivity index (χ3n) is 2.62. The van der Waals surface area contributed by atoms with E-state index in [4.69, 9.17) is 0 Å². The van der Waals surface area contributed by atoms with Gasteiger partial charge in [-0.1, -0.05) is 0 Å². The van der Waals surface area contributed by atoms with Gasteiger partial charge in [0, 0.05) is 12.1 Å². The third-order valence-corrected chi connectivity index (χ3v) is 3.68. The second-order valence-corrected chi connectivity index (χ2v) is 6.97. The Morgan fingerprint density at radius 2 is 1.90 bits per heavy atom. The summed E-state index contributed by atoms with van der Waals surface area (Å²) in [5, 5.41) is 3.73. The molecule has 0 spiro atoms. The monoisotopic (exact) mass is 297 g/mol. The predicted octanol–water partition coefficient (Wildman–Crippen LogP) is 2.14. The molecule has 0 aliphatic heterocycles. The highest BCUT2D eigenvalue weighted by Crippen LogP contribution is 2.19. The van der Waals surface area contributed by atoms with Crippen LogP contribution in [0.3, 0.4) is 0 Å². The van der Waals surface area contributed by atoms with E-state index in [1.807, 2.05) is 41.5 Å². The molecule has 0 saturated heterocycles. The summed E-state index contributed by atoms with van der Waals surface area (Å²) in [6, 6.07) is 0. The van der Waals surface area contributed by atoms with Crippen molar-refractivity contribution in [1.29, 1.82) is 0 Å². The van der Waals surface area contributed by atoms with Crippen molar-refractivity contribution in [3.05, 3.63) is 15.6 Å². The first-order valence-electron chi connectivity index (χ1n) is 6.68. The van der Waals surface area contributed by atoms with Gasteiger partial charge in [-0.25, -0.2) is 4.98 Å². The third kappa shape index (κ3) is 4.59. The molecule has 0 aliphatic carbocycles. The Bertz CT molecular complexity index is 503. The number of thiazole rings is 1. The van der Waals surface area contributed by atoms with Crippen molar-refractivity contribution in [3.63, 3.8) is 0 Å². The molecule has 0 aliphatic rings. The van der Waals surface area contributed by atoms with Gasteiger partial charge in [0.05, 0.1) is 17.2 Å². The van der Waals surface area contributed by atoms with Crippen molar-refractivity contribution in [2.24, 2.45) is 0 Å². The average Bonchev–Trinajstić information content (AvgIpc) is 2.62. The standard InChI is InChI=1S/C14H23N3O2S/c1-7-17(8-11(18)16-14(4,5)6)13(19)12-9(2)15-10(3)20-12/h7-8H2,1-6H3,(H,16,18). The van der Waals surface area contributed by atoms with Crippen LogP contribution in [0.4, 0.5) is 0 Å². The van der Waals surface area contributed by atoms with Gasteiger partial charge >= 0.3 is 0 Å². The molecule has 5 nitrogen and oxygen atoms in total. The molecule has 1 heterocycles. The fourth-order valence-corrected chi connectivity index (χ4v) is 2.72. The fourth-order valence-electron chi connectivity index (χ4n) is 1.83. The van der Waals surface area contributed by atoms with Crippen LogP contribution in [0.5, 0.6) is 0 Å². The number of carbonyl (C=O) groups is 2. The van der Waals surface area contributed by atoms with Crippen LogP contribution in [0.25, 0.3) is 0 Å². The lowest BCUT2D eigenvalue weighted by atomic mass is 10.1. The molecule has 1 rings (SSSR count). The van der Waals surface area contributed by atoms with Gasteiger partial charge in [-0.15, -0.1) is 11.3 Å². The topological polar surface area (TPSA) is 62.3 Å². The summed E-state index contributed by atoms with van der Waals surface area (Å²) in [6.45, 7) is 11.9. The van der Waals surface area contributed by atoms with Gasteiger partial charge in [0.2, 0.25) is 5.91 Å². The number of likely N-dealkylation sites (N-methyl/N-ethyl adjacent to an activating group) is 1. The second-order valence-electron chi connectivity index (χ2n) is 5.76. The molecule has 112 valence electrons. The van der Waals surface area contributed by atoms with Crippen LogP contribution in [0, 0.1) is 13.8 Å². The average molecular weight is 297 g/mol. The largest absolute Gasteiger partial charge is 0.350 e. The molecule has 6 heteroatoms. The SMILES string of the molecule is CCN(CC(=O)NC(C)(C)C)C(=O)c1sc(C)nc1C. The first-order valence-corrected chi connectivity index (χ1v) is 7.50. The van der Waals surface area contributed by atoms with Gasteiger partial charge in [-0.2, -0.15) is 0 Å². The maximum Gasteiger partial charge on any atom is 0.266 e. The number of aromatic nitrogens is 1. The number of nitrogens with one attached hydrogen (secondary N) is 1. The normalized spacial score (nSPS) is 11.3. The van der Waals surface area contributed by atoms with Crippen molar-refractivity contribution >= 4 is 23.2 Å². The number of rotatable bonds is 4. The van der Waals surface area contributed by atoms with Gasteiger partial charge in [-0.3, -0.25) is 9.59 Å². The van der Waals surface area contributed by atoms with E-state index in [2.05, 4.69) is 10.3 Å². The van der Waals surface area contributed by atoms with E-state index >= 15 is 0 Å². The fraction of sp³-hybridized carbons (Fsp3) is 0.643. The maximum absolute atomic E-state index is 12.4. The van der Waals surface area contributed by atoms with Crippen LogP contribution in [-0.2, 0) is 4.79 Å². The van der Waals surface area contributed by atoms with Crippen molar-refractivity contribution < 1.29 is 9.59 Å². The molecule has 1 aromatic heterocycles. The lowest BCUT2D eigenvalue weighted by Gasteiger charge is -2.24. The molecule has 0 saturated carbocycles. The van der Waals surface area contributed by atoms with Gasteiger partial charge in [0.1, 0.15) is 4.88 Å². The van der Waals surface area contributed by atoms with E-state index in [1.54, 1.807) is 4.90 Å². The van der Waals surface area contributed by atoms with Crippen LogP contribution < -0.4 is 5.32 Å². The van der Waals surface area contributed by atoms with E-state index in [0.29, 0.717) is 11.4 Å². The smallest absolute Gasteiger partial charge is 0.266 e. The van der Waals surface area contributed by atoms with Crippen molar-refractivity contribution in [2.45, 2.75) is 47.1 Å². The predicted molar refractivity (Wildman–Crippen MR) is 81.1 cm³/mol. The van der Waals surface area contributed by atoms with Crippen LogP contribution in [0.15, 0.2) is 0 Å². The molecule has 0 aromatic carbocycles. The Hall–Kier alpha value is -1.43. The number of hydrogen-bond acceptors (Lipinski definition) is 4. The van der Waals surface area contributed by atoms with Crippen LogP contribution in [-0.4, -0.2) is 40.3 Å². The highest BCUT2D eigenvalue weighted by Gasteiger charge is 2.23. The highest BCUT2D eigenvalue weighted by molar-refractivity contribution is 7.13. The Kier molecular flexibility index (Phi) is 5.28. The second kappa shape index (κ2) is 6.35. The van der Waals surface area contributed by atoms with Gasteiger partial charge in [0.15, 0.2) is 0 Å². The quantitative estimate of drug-likeness (QED) is 0.926. The molecule has 1 aromatic rings. The van der Waals surface area contributed by atoms with Crippen LogP contribution in [0.2, 0.25) is 0 Å². The minimum absolute atomic E-state index is 0.0724. The Morgan fingerprint density at radius 1 is 1.30 bits per heavy atom. The lowest BCUT2D eigenvalue weighted by molar-refractivity contribution is -0.123. The molecule has 20 heavy (non-hydrogen) atoms. The van der Waals surface area contributed by atoms with Crippen molar-refractivity contribution in [1.82, 2.24) is 15.2 Å². The number of nitrogens with zero attached hydrogens (tertiary/aromatic N) is 2. The van der Waals surface area contributed by atoms with E-state index in [-0.39, 0.29) is 23.9 Å². The van der Waals surface area contributed by atoms with E-state index in [9.17, 15) is 9.59 Å². The Labute approximate surface area is 124 Å². The number of amides is 2. The van der Waals surface area contributed by atoms with Gasteiger partial charge < -0.3 is 10.2 Å². The Balaban J connectivity index is 2.78. The zero-order valence-corrected chi connectivity index (χ0v) is 13.8. The van der Waals surface area contributed by atoms with Gasteiger partial charge in [0.25, 0.3) is 5.91 Å². The first-order chi connectivity index (χ1) is 9.14. The summed E-state index contributed by atoms with van der Waals surface area (Å²) in [6.07, 6.45) is 0. The molecule has 0 atom stereocenters. The summed E-state index contributed by atoms with van der Waals surface area (Å²) < 4.78 is 0. The van der Waals surface area contributed by atoms with Crippen LogP contribution >= 0.6 is 11.3 Å². The number of aryl methyl sites for hydroxylation is 2. The van der Waals surface area contributed by atoms with Crippen molar-refractivity contribution in [2.75, 3.05) is 13.1 Å². The molecular weight excluding hydrogens is 274 g/mol. The zero-order valence-electron chi connectivity index (χ0n) is 13.0. The lowest BCUT2D eigenvalue weighted by Crippen LogP contribution is -2.47. The van der Waals surface area contributed by atoms with E-state index in [1.165, 1.54) is 11.3 Å². The molecule has 0 radical (unpaired) electrons. The van der Waals surface area contributed by atoms with Gasteiger partial charge in [-0.05, 0) is 41.5 Å². The molecule has 2 amide bonds. The van der Waals surface area contributed by atoms with E-state index in [0.717, 1.165) is 10.7 Å². The minimum atomic E-state index is -0.295. The molecular formula is C14H23N3O2S. The summed E-state index contributed by atoms with van der Waals surface area (Å²) in [7, 11) is 0. The van der Waals surface area contributed by atoms with Crippen LogP contribution in [0.1, 0.15) is 48.1 Å². The zero-order chi connectivity index (χ0) is 15.5. The molecule has 0 fully saturated rings. The number of carbonyl (C=O) groups excluding carboxylic acids is 2. The highest BCUT2D eigenvalue weighted by atomic mass is 32.1. The molecule has 1 N–H and O–H groups in total. The summed E-state index contributed by atoms with van der Waals surface area (Å²) in [4.78, 5) is 30.8. The number of hydrogen-bond donors (Lipinski definition) is 1. The van der Waals surface area contributed by atoms with Crippen molar-refractivity contribution in [3.8, 4) is 0 Å². The maximum atomic E-state index is 12.4. The summed E-state index contributed by atoms with van der Waals surface area (Å²) in [5.41, 5.74) is 0.434. The minimum Gasteiger partial charge on any atom is -0.350 e. The summed E-state index contributed by atoms with van der Waals surface area (Å²) >= 11 is 1.37. The first kappa shape index (κ1) is 16.6. The molecule has 0 bridgehead atoms. The molecule has 0 unspecified atom stereocenters. The Morgan fingerprint density at radius 3 is 2.30 bits per heavy atom. The van der Waals surface area contributed by atoms with E-state index < -0.39 is 0 Å². The summed E-state index contributed by atoms with van der Waals surface area (Å²) in [5.74, 6) is -0.272.